The van der Waals surface area contributed by atoms with Crippen LogP contribution in [0.5, 0.6) is 5.75 Å². The van der Waals surface area contributed by atoms with Crippen LogP contribution in [0, 0.1) is 6.92 Å². The zero-order valence-corrected chi connectivity index (χ0v) is 19.3. The standard InChI is InChI=1S/C25H31N3O4/c1-16(2)32-20-10-9-18(14-17(20)3)23(29)21-22(19-8-6-11-26-15-19)28(25(31)24(21)30)13-7-12-27(4)5/h6,8-11,14-16,22,29H,7,12-13H2,1-5H3/t22-/m1/s1. The lowest BCUT2D eigenvalue weighted by atomic mass is 9.95. The van der Waals surface area contributed by atoms with Crippen molar-refractivity contribution in [3.8, 4) is 5.75 Å². The van der Waals surface area contributed by atoms with Crippen LogP contribution >= 0.6 is 0 Å². The molecule has 2 heterocycles. The molecule has 1 N–H and O–H groups in total. The number of hydrogen-bond acceptors (Lipinski definition) is 6. The largest absolute Gasteiger partial charge is 0.507 e. The van der Waals surface area contributed by atoms with Crippen LogP contribution in [-0.4, -0.2) is 64.9 Å². The number of rotatable bonds is 8. The molecule has 0 radical (unpaired) electrons. The number of amides is 1. The Bertz CT molecular complexity index is 1020. The molecule has 1 fully saturated rings. The van der Waals surface area contributed by atoms with Gasteiger partial charge in [-0.3, -0.25) is 14.6 Å². The number of carbonyl (C=O) groups is 2. The third-order valence-electron chi connectivity index (χ3n) is 5.36. The fourth-order valence-electron chi connectivity index (χ4n) is 3.89. The molecule has 1 aromatic carbocycles. The molecule has 170 valence electrons. The smallest absolute Gasteiger partial charge is 0.295 e. The van der Waals surface area contributed by atoms with Gasteiger partial charge in [-0.15, -0.1) is 0 Å². The lowest BCUT2D eigenvalue weighted by Gasteiger charge is -2.25. The molecule has 1 atom stereocenters. The fourth-order valence-corrected chi connectivity index (χ4v) is 3.89. The quantitative estimate of drug-likeness (QED) is 0.386. The molecule has 0 aliphatic carbocycles. The van der Waals surface area contributed by atoms with E-state index in [1.54, 1.807) is 36.7 Å². The predicted octanol–water partition coefficient (Wildman–Crippen LogP) is 3.55. The molecule has 1 aliphatic heterocycles. The zero-order valence-electron chi connectivity index (χ0n) is 19.3. The number of ketones is 1. The van der Waals surface area contributed by atoms with E-state index >= 15 is 0 Å². The second-order valence-corrected chi connectivity index (χ2v) is 8.58. The highest BCUT2D eigenvalue weighted by Crippen LogP contribution is 2.39. The van der Waals surface area contributed by atoms with Crippen molar-refractivity contribution in [3.05, 3.63) is 65.0 Å². The minimum Gasteiger partial charge on any atom is -0.507 e. The van der Waals surface area contributed by atoms with E-state index in [-0.39, 0.29) is 17.4 Å². The average Bonchev–Trinajstić information content (AvgIpc) is 2.99. The SMILES string of the molecule is Cc1cc(C(O)=C2C(=O)C(=O)N(CCCN(C)C)[C@@H]2c2cccnc2)ccc1OC(C)C. The van der Waals surface area contributed by atoms with Crippen molar-refractivity contribution in [1.29, 1.82) is 0 Å². The number of pyridine rings is 1. The van der Waals surface area contributed by atoms with Gasteiger partial charge in [0.15, 0.2) is 0 Å². The number of nitrogens with zero attached hydrogens (tertiary/aromatic N) is 3. The number of aromatic nitrogens is 1. The summed E-state index contributed by atoms with van der Waals surface area (Å²) in [7, 11) is 3.92. The molecular weight excluding hydrogens is 406 g/mol. The first-order chi connectivity index (χ1) is 15.2. The summed E-state index contributed by atoms with van der Waals surface area (Å²) in [5.41, 5.74) is 2.08. The van der Waals surface area contributed by atoms with E-state index < -0.39 is 17.7 Å². The summed E-state index contributed by atoms with van der Waals surface area (Å²) < 4.78 is 5.78. The van der Waals surface area contributed by atoms with E-state index in [2.05, 4.69) is 4.98 Å². The van der Waals surface area contributed by atoms with Gasteiger partial charge in [-0.05, 0) is 83.2 Å². The molecule has 7 heteroatoms. The minimum absolute atomic E-state index is 0.0196. The van der Waals surface area contributed by atoms with Crippen LogP contribution in [0.25, 0.3) is 5.76 Å². The van der Waals surface area contributed by atoms with Crippen LogP contribution in [0.3, 0.4) is 0 Å². The molecule has 3 rings (SSSR count). The molecule has 1 amide bonds. The minimum atomic E-state index is -0.683. The van der Waals surface area contributed by atoms with Gasteiger partial charge in [0, 0.05) is 24.5 Å². The average molecular weight is 438 g/mol. The Morgan fingerprint density at radius 1 is 1.25 bits per heavy atom. The number of Topliss-reactive ketones (excluding diaryl/α,β-unsaturated/α-hetero) is 1. The van der Waals surface area contributed by atoms with Gasteiger partial charge in [0.1, 0.15) is 11.5 Å². The van der Waals surface area contributed by atoms with Gasteiger partial charge in [0.25, 0.3) is 11.7 Å². The van der Waals surface area contributed by atoms with Gasteiger partial charge in [0.05, 0.1) is 17.7 Å². The summed E-state index contributed by atoms with van der Waals surface area (Å²) in [6.07, 6.45) is 4.00. The maximum atomic E-state index is 13.0. The van der Waals surface area contributed by atoms with Crippen molar-refractivity contribution in [1.82, 2.24) is 14.8 Å². The Labute approximate surface area is 189 Å². The van der Waals surface area contributed by atoms with Crippen LogP contribution in [0.2, 0.25) is 0 Å². The molecule has 0 bridgehead atoms. The van der Waals surface area contributed by atoms with Crippen LogP contribution < -0.4 is 4.74 Å². The van der Waals surface area contributed by atoms with Gasteiger partial charge in [0.2, 0.25) is 0 Å². The summed E-state index contributed by atoms with van der Waals surface area (Å²) in [6, 6.07) is 8.15. The van der Waals surface area contributed by atoms with Crippen LogP contribution in [0.15, 0.2) is 48.3 Å². The lowest BCUT2D eigenvalue weighted by molar-refractivity contribution is -0.139. The normalized spacial score (nSPS) is 18.1. The van der Waals surface area contributed by atoms with E-state index in [1.165, 1.54) is 4.90 Å². The van der Waals surface area contributed by atoms with Crippen molar-refractivity contribution in [3.63, 3.8) is 0 Å². The summed E-state index contributed by atoms with van der Waals surface area (Å²) in [5.74, 6) is -0.756. The van der Waals surface area contributed by atoms with Crippen molar-refractivity contribution in [2.75, 3.05) is 27.2 Å². The van der Waals surface area contributed by atoms with Gasteiger partial charge in [-0.25, -0.2) is 0 Å². The first-order valence-corrected chi connectivity index (χ1v) is 10.8. The van der Waals surface area contributed by atoms with E-state index in [0.29, 0.717) is 29.8 Å². The van der Waals surface area contributed by atoms with Crippen molar-refractivity contribution >= 4 is 17.4 Å². The van der Waals surface area contributed by atoms with E-state index in [9.17, 15) is 14.7 Å². The number of aryl methyl sites for hydroxylation is 1. The number of ether oxygens (including phenoxy) is 1. The van der Waals surface area contributed by atoms with Crippen molar-refractivity contribution in [2.45, 2.75) is 39.3 Å². The second-order valence-electron chi connectivity index (χ2n) is 8.58. The lowest BCUT2D eigenvalue weighted by Crippen LogP contribution is -2.32. The Balaban J connectivity index is 2.05. The molecule has 0 spiro atoms. The number of aliphatic hydroxyl groups is 1. The Hall–Kier alpha value is -3.19. The first-order valence-electron chi connectivity index (χ1n) is 10.8. The van der Waals surface area contributed by atoms with Crippen LogP contribution in [-0.2, 0) is 9.59 Å². The topological polar surface area (TPSA) is 83.0 Å². The van der Waals surface area contributed by atoms with Gasteiger partial charge in [-0.2, -0.15) is 0 Å². The maximum Gasteiger partial charge on any atom is 0.295 e. The molecule has 2 aromatic rings. The monoisotopic (exact) mass is 437 g/mol. The van der Waals surface area contributed by atoms with Crippen molar-refractivity contribution < 1.29 is 19.4 Å². The maximum absolute atomic E-state index is 13.0. The third-order valence-corrected chi connectivity index (χ3v) is 5.36. The van der Waals surface area contributed by atoms with Gasteiger partial charge < -0.3 is 19.6 Å². The summed E-state index contributed by atoms with van der Waals surface area (Å²) in [6.45, 7) is 6.95. The highest BCUT2D eigenvalue weighted by Gasteiger charge is 2.45. The van der Waals surface area contributed by atoms with Gasteiger partial charge >= 0.3 is 0 Å². The number of benzene rings is 1. The molecule has 1 aromatic heterocycles. The molecule has 0 saturated carbocycles. The summed E-state index contributed by atoms with van der Waals surface area (Å²) in [4.78, 5) is 33.7. The highest BCUT2D eigenvalue weighted by atomic mass is 16.5. The molecule has 1 aliphatic rings. The third kappa shape index (κ3) is 4.99. The fraction of sp³-hybridized carbons (Fsp3) is 0.400. The summed E-state index contributed by atoms with van der Waals surface area (Å²) >= 11 is 0. The first kappa shape index (κ1) is 23.5. The Kier molecular flexibility index (Phi) is 7.30. The number of likely N-dealkylation sites (tertiary alicyclic amines) is 1. The van der Waals surface area contributed by atoms with Crippen LogP contribution in [0.1, 0.15) is 43.0 Å². The number of aliphatic hydroxyl groups excluding tert-OH is 1. The molecule has 0 unspecified atom stereocenters. The van der Waals surface area contributed by atoms with Crippen molar-refractivity contribution in [2.24, 2.45) is 0 Å². The Morgan fingerprint density at radius 2 is 2.00 bits per heavy atom. The molecular formula is C25H31N3O4. The van der Waals surface area contributed by atoms with E-state index in [0.717, 1.165) is 12.1 Å². The highest BCUT2D eigenvalue weighted by molar-refractivity contribution is 6.46. The zero-order chi connectivity index (χ0) is 23.4. The van der Waals surface area contributed by atoms with E-state index in [1.807, 2.05) is 45.8 Å². The number of hydrogen-bond donors (Lipinski definition) is 1. The van der Waals surface area contributed by atoms with E-state index in [4.69, 9.17) is 4.74 Å². The van der Waals surface area contributed by atoms with Crippen LogP contribution in [0.4, 0.5) is 0 Å². The molecule has 1 saturated heterocycles. The van der Waals surface area contributed by atoms with Gasteiger partial charge in [-0.1, -0.05) is 6.07 Å². The predicted molar refractivity (Wildman–Crippen MR) is 123 cm³/mol. The molecule has 32 heavy (non-hydrogen) atoms. The second kappa shape index (κ2) is 9.96. The molecule has 7 nitrogen and oxygen atoms in total. The number of carbonyl (C=O) groups excluding carboxylic acids is 2. The summed E-state index contributed by atoms with van der Waals surface area (Å²) in [5, 5.41) is 11.2. The Morgan fingerprint density at radius 3 is 2.59 bits per heavy atom.